The zero-order valence-corrected chi connectivity index (χ0v) is 11.8. The molecule has 6 nitrogen and oxygen atoms in total. The summed E-state index contributed by atoms with van der Waals surface area (Å²) in [5.41, 5.74) is 6.28. The van der Waals surface area contributed by atoms with Crippen molar-refractivity contribution in [3.05, 3.63) is 23.8 Å². The van der Waals surface area contributed by atoms with E-state index in [-0.39, 0.29) is 11.5 Å². The number of carbonyl (C=O) groups excluding carboxylic acids is 1. The highest BCUT2D eigenvalue weighted by Crippen LogP contribution is 2.23. The van der Waals surface area contributed by atoms with Gasteiger partial charge in [0.05, 0.1) is 11.3 Å². The number of aromatic carboxylic acids is 1. The monoisotopic (exact) mass is 280 g/mol. The van der Waals surface area contributed by atoms with Crippen LogP contribution in [0.4, 0.5) is 11.4 Å². The van der Waals surface area contributed by atoms with Crippen molar-refractivity contribution in [1.82, 2.24) is 0 Å². The van der Waals surface area contributed by atoms with Crippen molar-refractivity contribution < 1.29 is 19.4 Å². The second-order valence-electron chi connectivity index (χ2n) is 4.33. The van der Waals surface area contributed by atoms with Gasteiger partial charge in [-0.2, -0.15) is 0 Å². The third-order valence-electron chi connectivity index (χ3n) is 2.87. The lowest BCUT2D eigenvalue weighted by atomic mass is 10.1. The molecule has 0 unspecified atom stereocenters. The molecule has 0 atom stereocenters. The van der Waals surface area contributed by atoms with Gasteiger partial charge in [-0.3, -0.25) is 4.79 Å². The lowest BCUT2D eigenvalue weighted by Crippen LogP contribution is -2.28. The number of hydrogen-bond acceptors (Lipinski definition) is 4. The van der Waals surface area contributed by atoms with E-state index in [2.05, 4.69) is 0 Å². The predicted molar refractivity (Wildman–Crippen MR) is 77.0 cm³/mol. The summed E-state index contributed by atoms with van der Waals surface area (Å²) in [5.74, 6) is -1.27. The molecule has 0 saturated carbocycles. The van der Waals surface area contributed by atoms with Gasteiger partial charge in [0.1, 0.15) is 0 Å². The van der Waals surface area contributed by atoms with E-state index in [0.29, 0.717) is 37.4 Å². The van der Waals surface area contributed by atoms with Crippen molar-refractivity contribution in [3.63, 3.8) is 0 Å². The summed E-state index contributed by atoms with van der Waals surface area (Å²) in [5, 5.41) is 9.15. The first-order valence-corrected chi connectivity index (χ1v) is 6.44. The molecule has 20 heavy (non-hydrogen) atoms. The molecule has 0 heterocycles. The number of anilines is 2. The summed E-state index contributed by atoms with van der Waals surface area (Å²) in [7, 11) is 1.56. The van der Waals surface area contributed by atoms with Gasteiger partial charge in [-0.05, 0) is 31.5 Å². The van der Waals surface area contributed by atoms with Gasteiger partial charge in [0, 0.05) is 32.4 Å². The quantitative estimate of drug-likeness (QED) is 0.586. The van der Waals surface area contributed by atoms with E-state index >= 15 is 0 Å². The van der Waals surface area contributed by atoms with Crippen LogP contribution in [0, 0.1) is 0 Å². The molecule has 1 aromatic carbocycles. The highest BCUT2D eigenvalue weighted by molar-refractivity contribution is 6.02. The minimum absolute atomic E-state index is 0.0191. The lowest BCUT2D eigenvalue weighted by molar-refractivity contribution is -0.118. The Kier molecular flexibility index (Phi) is 5.99. The zero-order chi connectivity index (χ0) is 15.1. The standard InChI is InChI=1S/C14H20N2O4/c1-3-20-8-4-5-13(17)16(2)12-7-6-10(15)9-11(12)14(18)19/h6-7,9H,3-5,8,15H2,1-2H3,(H,18,19). The average molecular weight is 280 g/mol. The number of hydrogen-bond donors (Lipinski definition) is 2. The topological polar surface area (TPSA) is 92.9 Å². The number of nitrogen functional groups attached to an aromatic ring is 1. The van der Waals surface area contributed by atoms with Crippen LogP contribution in [-0.4, -0.2) is 37.2 Å². The molecule has 0 radical (unpaired) electrons. The van der Waals surface area contributed by atoms with E-state index in [9.17, 15) is 9.59 Å². The van der Waals surface area contributed by atoms with Crippen LogP contribution >= 0.6 is 0 Å². The molecule has 0 saturated heterocycles. The molecule has 6 heteroatoms. The predicted octanol–water partition coefficient (Wildman–Crippen LogP) is 1.75. The molecule has 0 aliphatic rings. The van der Waals surface area contributed by atoms with Crippen LogP contribution in [0.25, 0.3) is 0 Å². The minimum Gasteiger partial charge on any atom is -0.478 e. The van der Waals surface area contributed by atoms with E-state index in [1.807, 2.05) is 6.92 Å². The van der Waals surface area contributed by atoms with Crippen molar-refractivity contribution in [2.75, 3.05) is 30.9 Å². The first kappa shape index (κ1) is 16.0. The smallest absolute Gasteiger partial charge is 0.337 e. The second-order valence-corrected chi connectivity index (χ2v) is 4.33. The summed E-state index contributed by atoms with van der Waals surface area (Å²) in [6.45, 7) is 3.02. The first-order chi connectivity index (χ1) is 9.47. The van der Waals surface area contributed by atoms with E-state index in [1.54, 1.807) is 19.2 Å². The molecule has 0 fully saturated rings. The number of carbonyl (C=O) groups is 2. The van der Waals surface area contributed by atoms with Crippen LogP contribution in [0.15, 0.2) is 18.2 Å². The van der Waals surface area contributed by atoms with E-state index in [1.165, 1.54) is 11.0 Å². The van der Waals surface area contributed by atoms with Gasteiger partial charge in [0.25, 0.3) is 0 Å². The highest BCUT2D eigenvalue weighted by atomic mass is 16.5. The fourth-order valence-electron chi connectivity index (χ4n) is 1.79. The summed E-state index contributed by atoms with van der Waals surface area (Å²) >= 11 is 0. The molecule has 0 aromatic heterocycles. The number of rotatable bonds is 7. The van der Waals surface area contributed by atoms with Crippen LogP contribution in [-0.2, 0) is 9.53 Å². The Hall–Kier alpha value is -2.08. The number of carboxylic acid groups (broad SMARTS) is 1. The summed E-state index contributed by atoms with van der Waals surface area (Å²) in [6.07, 6.45) is 0.911. The van der Waals surface area contributed by atoms with Crippen LogP contribution in [0.2, 0.25) is 0 Å². The third kappa shape index (κ3) is 4.24. The molecule has 1 amide bonds. The number of benzene rings is 1. The van der Waals surface area contributed by atoms with Crippen LogP contribution in [0.1, 0.15) is 30.1 Å². The Morgan fingerprint density at radius 3 is 2.70 bits per heavy atom. The van der Waals surface area contributed by atoms with Gasteiger partial charge in [-0.15, -0.1) is 0 Å². The third-order valence-corrected chi connectivity index (χ3v) is 2.87. The van der Waals surface area contributed by atoms with Gasteiger partial charge in [0.2, 0.25) is 5.91 Å². The SMILES string of the molecule is CCOCCCC(=O)N(C)c1ccc(N)cc1C(=O)O. The molecule has 0 bridgehead atoms. The normalized spacial score (nSPS) is 10.3. The molecule has 0 aliphatic carbocycles. The molecule has 110 valence electrons. The molecule has 3 N–H and O–H groups in total. The Morgan fingerprint density at radius 2 is 2.10 bits per heavy atom. The van der Waals surface area contributed by atoms with E-state index in [0.717, 1.165) is 0 Å². The molecule has 0 aliphatic heterocycles. The van der Waals surface area contributed by atoms with Crippen LogP contribution in [0.5, 0.6) is 0 Å². The Bertz CT molecular complexity index is 488. The van der Waals surface area contributed by atoms with Crippen molar-refractivity contribution >= 4 is 23.3 Å². The Morgan fingerprint density at radius 1 is 1.40 bits per heavy atom. The highest BCUT2D eigenvalue weighted by Gasteiger charge is 2.18. The van der Waals surface area contributed by atoms with E-state index < -0.39 is 5.97 Å². The van der Waals surface area contributed by atoms with Gasteiger partial charge in [-0.1, -0.05) is 0 Å². The Balaban J connectivity index is 2.78. The maximum absolute atomic E-state index is 12.0. The molecular weight excluding hydrogens is 260 g/mol. The largest absolute Gasteiger partial charge is 0.478 e. The molecule has 1 rings (SSSR count). The van der Waals surface area contributed by atoms with Gasteiger partial charge in [0.15, 0.2) is 0 Å². The molecule has 1 aromatic rings. The number of nitrogens with two attached hydrogens (primary N) is 1. The fourth-order valence-corrected chi connectivity index (χ4v) is 1.79. The number of amides is 1. The van der Waals surface area contributed by atoms with E-state index in [4.69, 9.17) is 15.6 Å². The molecular formula is C14H20N2O4. The lowest BCUT2D eigenvalue weighted by Gasteiger charge is -2.19. The maximum Gasteiger partial charge on any atom is 0.337 e. The molecule has 0 spiro atoms. The minimum atomic E-state index is -1.11. The van der Waals surface area contributed by atoms with Gasteiger partial charge >= 0.3 is 5.97 Å². The van der Waals surface area contributed by atoms with Crippen LogP contribution in [0.3, 0.4) is 0 Å². The second kappa shape index (κ2) is 7.49. The van der Waals surface area contributed by atoms with Crippen molar-refractivity contribution in [2.45, 2.75) is 19.8 Å². The van der Waals surface area contributed by atoms with Crippen LogP contribution < -0.4 is 10.6 Å². The number of nitrogens with zero attached hydrogens (tertiary/aromatic N) is 1. The summed E-state index contributed by atoms with van der Waals surface area (Å²) in [6, 6.07) is 4.46. The zero-order valence-electron chi connectivity index (χ0n) is 11.8. The summed E-state index contributed by atoms with van der Waals surface area (Å²) < 4.78 is 5.17. The summed E-state index contributed by atoms with van der Waals surface area (Å²) in [4.78, 5) is 24.5. The van der Waals surface area contributed by atoms with Gasteiger partial charge < -0.3 is 20.5 Å². The van der Waals surface area contributed by atoms with Crippen molar-refractivity contribution in [3.8, 4) is 0 Å². The maximum atomic E-state index is 12.0. The van der Waals surface area contributed by atoms with Crippen molar-refractivity contribution in [1.29, 1.82) is 0 Å². The fraction of sp³-hybridized carbons (Fsp3) is 0.429. The first-order valence-electron chi connectivity index (χ1n) is 6.44. The average Bonchev–Trinajstić information content (AvgIpc) is 2.42. The van der Waals surface area contributed by atoms with Crippen molar-refractivity contribution in [2.24, 2.45) is 0 Å². The number of carboxylic acids is 1. The van der Waals surface area contributed by atoms with Gasteiger partial charge in [-0.25, -0.2) is 4.79 Å². The number of ether oxygens (including phenoxy) is 1. The Labute approximate surface area is 118 Å².